The zero-order valence-corrected chi connectivity index (χ0v) is 6.36. The highest BCUT2D eigenvalue weighted by Crippen LogP contribution is 2.27. The van der Waals surface area contributed by atoms with Gasteiger partial charge in [-0.15, -0.1) is 0 Å². The summed E-state index contributed by atoms with van der Waals surface area (Å²) in [7, 11) is -5.15. The van der Waals surface area contributed by atoms with Gasteiger partial charge in [0.05, 0.1) is 0 Å². The van der Waals surface area contributed by atoms with Gasteiger partial charge >= 0.3 is 7.23 Å². The second kappa shape index (κ2) is 2.62. The van der Waals surface area contributed by atoms with Gasteiger partial charge in [0.1, 0.15) is 0 Å². The molecule has 0 aliphatic heterocycles. The minimum absolute atomic E-state index is 0.873. The molecule has 8 heavy (non-hydrogen) atoms. The molecule has 1 atom stereocenters. The predicted molar refractivity (Wildman–Crippen MR) is 30.9 cm³/mol. The van der Waals surface area contributed by atoms with Crippen LogP contribution < -0.4 is 0 Å². The van der Waals surface area contributed by atoms with Crippen molar-refractivity contribution in [1.82, 2.24) is 0 Å². The molecule has 0 aliphatic rings. The molecule has 0 aromatic rings. The van der Waals surface area contributed by atoms with Crippen LogP contribution in [0.1, 0.15) is 0 Å². The standard InChI is InChI=1S/C2H7O4PS/c1-6-7(3)8(2,4)5/h7H,1-2H3. The molecule has 0 saturated heterocycles. The summed E-state index contributed by atoms with van der Waals surface area (Å²) in [6, 6.07) is 0. The van der Waals surface area contributed by atoms with Crippen molar-refractivity contribution in [3.05, 3.63) is 0 Å². The normalized spacial score (nSPS) is 15.8. The molecule has 0 bridgehead atoms. The van der Waals surface area contributed by atoms with Crippen LogP contribution in [0.2, 0.25) is 0 Å². The van der Waals surface area contributed by atoms with Crippen LogP contribution in [-0.4, -0.2) is 21.8 Å². The largest absolute Gasteiger partial charge is 0.323 e. The lowest BCUT2D eigenvalue weighted by molar-refractivity contribution is 0.424. The van der Waals surface area contributed by atoms with Crippen LogP contribution in [0.3, 0.4) is 0 Å². The first-order valence-corrected chi connectivity index (χ1v) is 5.69. The molecule has 4 nitrogen and oxygen atoms in total. The second-order valence-corrected chi connectivity index (χ2v) is 6.90. The minimum atomic E-state index is -3.43. The number of hydrogen-bond donors (Lipinski definition) is 0. The smallest absolute Gasteiger partial charge is 0.302 e. The topological polar surface area (TPSA) is 60.4 Å². The van der Waals surface area contributed by atoms with Gasteiger partial charge in [-0.2, -0.15) is 0 Å². The summed E-state index contributed by atoms with van der Waals surface area (Å²) < 4.78 is 34.6. The fraction of sp³-hybridized carbons (Fsp3) is 1.00. The molecule has 0 fully saturated rings. The fourth-order valence-electron chi connectivity index (χ4n) is 0.151. The molecule has 0 radical (unpaired) electrons. The molecule has 0 aromatic carbocycles. The zero-order valence-electron chi connectivity index (χ0n) is 4.54. The molecule has 0 aromatic heterocycles. The molecule has 0 amide bonds. The maximum atomic E-state index is 10.2. The van der Waals surface area contributed by atoms with E-state index < -0.39 is 16.7 Å². The van der Waals surface area contributed by atoms with E-state index >= 15 is 0 Å². The summed E-state index contributed by atoms with van der Waals surface area (Å²) >= 11 is 0. The molecule has 6 heteroatoms. The lowest BCUT2D eigenvalue weighted by atomic mass is 11.8. The van der Waals surface area contributed by atoms with Gasteiger partial charge < -0.3 is 4.52 Å². The summed E-state index contributed by atoms with van der Waals surface area (Å²) in [6.45, 7) is 0. The third-order valence-electron chi connectivity index (χ3n) is 0.469. The second-order valence-electron chi connectivity index (χ2n) is 1.23. The van der Waals surface area contributed by atoms with Gasteiger partial charge in [-0.05, 0) is 0 Å². The fourth-order valence-corrected chi connectivity index (χ4v) is 1.36. The van der Waals surface area contributed by atoms with Crippen molar-refractivity contribution >= 4 is 16.7 Å². The Labute approximate surface area is 48.4 Å². The van der Waals surface area contributed by atoms with Crippen molar-refractivity contribution < 1.29 is 17.5 Å². The van der Waals surface area contributed by atoms with E-state index in [1.54, 1.807) is 0 Å². The van der Waals surface area contributed by atoms with Gasteiger partial charge in [-0.25, -0.2) is 8.42 Å². The molecule has 0 rings (SSSR count). The SMILES string of the molecule is CO[PH](=O)S(C)(=O)=O. The number of rotatable bonds is 2. The summed E-state index contributed by atoms with van der Waals surface area (Å²) in [5.74, 6) is 0. The minimum Gasteiger partial charge on any atom is -0.323 e. The van der Waals surface area contributed by atoms with E-state index in [4.69, 9.17) is 0 Å². The van der Waals surface area contributed by atoms with Crippen LogP contribution in [0.4, 0.5) is 0 Å². The molecular weight excluding hydrogens is 151 g/mol. The third-order valence-corrected chi connectivity index (χ3v) is 3.72. The number of hydrogen-bond acceptors (Lipinski definition) is 4. The van der Waals surface area contributed by atoms with Crippen molar-refractivity contribution in [2.45, 2.75) is 0 Å². The maximum absolute atomic E-state index is 10.2. The Morgan fingerprint density at radius 3 is 1.88 bits per heavy atom. The van der Waals surface area contributed by atoms with Gasteiger partial charge in [0.15, 0.2) is 0 Å². The average Bonchev–Trinajstić information content (AvgIpc) is 1.62. The lowest BCUT2D eigenvalue weighted by Crippen LogP contribution is -1.87. The summed E-state index contributed by atoms with van der Waals surface area (Å²) in [5, 5.41) is 0. The third kappa shape index (κ3) is 2.45. The van der Waals surface area contributed by atoms with Gasteiger partial charge in [0.25, 0.3) is 0 Å². The van der Waals surface area contributed by atoms with Crippen LogP contribution in [0, 0.1) is 0 Å². The molecule has 0 spiro atoms. The predicted octanol–water partition coefficient (Wildman–Crippen LogP) is 0.0671. The Hall–Kier alpha value is 0.140. The quantitative estimate of drug-likeness (QED) is 0.533. The molecular formula is C2H7O4PS. The molecule has 1 unspecified atom stereocenters. The van der Waals surface area contributed by atoms with Crippen molar-refractivity contribution in [3.63, 3.8) is 0 Å². The zero-order chi connectivity index (χ0) is 6.78. The molecule has 0 aliphatic carbocycles. The van der Waals surface area contributed by atoms with Crippen molar-refractivity contribution in [3.8, 4) is 0 Å². The van der Waals surface area contributed by atoms with E-state index in [9.17, 15) is 13.0 Å². The van der Waals surface area contributed by atoms with E-state index in [0.717, 1.165) is 13.4 Å². The molecule has 0 N–H and O–H groups in total. The van der Waals surface area contributed by atoms with Gasteiger partial charge in [0.2, 0.25) is 9.46 Å². The van der Waals surface area contributed by atoms with Crippen LogP contribution in [-0.2, 0) is 18.5 Å². The van der Waals surface area contributed by atoms with Crippen molar-refractivity contribution in [1.29, 1.82) is 0 Å². The maximum Gasteiger partial charge on any atom is 0.302 e. The average molecular weight is 158 g/mol. The van der Waals surface area contributed by atoms with Crippen LogP contribution in [0.15, 0.2) is 0 Å². The van der Waals surface area contributed by atoms with E-state index in [2.05, 4.69) is 4.52 Å². The molecule has 0 saturated carbocycles. The Bertz CT molecular complexity index is 180. The van der Waals surface area contributed by atoms with E-state index in [-0.39, 0.29) is 0 Å². The lowest BCUT2D eigenvalue weighted by Gasteiger charge is -1.91. The van der Waals surface area contributed by atoms with Crippen molar-refractivity contribution in [2.24, 2.45) is 0 Å². The Morgan fingerprint density at radius 2 is 1.88 bits per heavy atom. The van der Waals surface area contributed by atoms with E-state index in [1.165, 1.54) is 0 Å². The van der Waals surface area contributed by atoms with E-state index in [0.29, 0.717) is 0 Å². The van der Waals surface area contributed by atoms with Gasteiger partial charge in [0, 0.05) is 13.4 Å². The van der Waals surface area contributed by atoms with Crippen LogP contribution >= 0.6 is 7.23 Å². The summed E-state index contributed by atoms with van der Waals surface area (Å²) in [4.78, 5) is 0. The van der Waals surface area contributed by atoms with Crippen LogP contribution in [0.25, 0.3) is 0 Å². The van der Waals surface area contributed by atoms with Gasteiger partial charge in [-0.1, -0.05) is 0 Å². The van der Waals surface area contributed by atoms with Crippen LogP contribution in [0.5, 0.6) is 0 Å². The molecule has 0 heterocycles. The van der Waals surface area contributed by atoms with E-state index in [1.807, 2.05) is 0 Å². The summed E-state index contributed by atoms with van der Waals surface area (Å²) in [6.07, 6.45) is 0.873. The monoisotopic (exact) mass is 158 g/mol. The highest BCUT2D eigenvalue weighted by Gasteiger charge is 2.09. The van der Waals surface area contributed by atoms with Crippen molar-refractivity contribution in [2.75, 3.05) is 13.4 Å². The first-order chi connectivity index (χ1) is 3.48. The highest BCUT2D eigenvalue weighted by atomic mass is 32.8. The summed E-state index contributed by atoms with van der Waals surface area (Å²) in [5.41, 5.74) is 0. The Morgan fingerprint density at radius 1 is 1.50 bits per heavy atom. The first kappa shape index (κ1) is 8.14. The Kier molecular flexibility index (Phi) is 2.66. The highest BCUT2D eigenvalue weighted by molar-refractivity contribution is 8.44. The first-order valence-electron chi connectivity index (χ1n) is 1.76. The molecule has 50 valence electrons. The Balaban J connectivity index is 4.29. The van der Waals surface area contributed by atoms with Gasteiger partial charge in [-0.3, -0.25) is 4.57 Å².